The van der Waals surface area contributed by atoms with Gasteiger partial charge in [0, 0.05) is 11.4 Å². The van der Waals surface area contributed by atoms with Gasteiger partial charge in [0.05, 0.1) is 11.6 Å². The lowest BCUT2D eigenvalue weighted by molar-refractivity contribution is -0.118. The summed E-state index contributed by atoms with van der Waals surface area (Å²) in [5.74, 6) is -1.10. The number of nitrogens with zero attached hydrogens (tertiary/aromatic N) is 1. The molecule has 9 heteroatoms. The molecule has 3 aromatic rings. The van der Waals surface area contributed by atoms with E-state index in [1.807, 2.05) is 31.2 Å². The van der Waals surface area contributed by atoms with Crippen LogP contribution >= 0.6 is 11.6 Å². The third kappa shape index (κ3) is 7.32. The Kier molecular flexibility index (Phi) is 9.03. The average Bonchev–Trinajstić information content (AvgIpc) is 2.83. The van der Waals surface area contributed by atoms with Gasteiger partial charge in [0.1, 0.15) is 17.5 Å². The summed E-state index contributed by atoms with van der Waals surface area (Å²) in [5.41, 5.74) is 2.18. The van der Waals surface area contributed by atoms with E-state index in [1.165, 1.54) is 36.4 Å². The summed E-state index contributed by atoms with van der Waals surface area (Å²) in [6, 6.07) is 17.4. The van der Waals surface area contributed by atoms with Crippen LogP contribution < -0.4 is 20.1 Å². The van der Waals surface area contributed by atoms with Crippen molar-refractivity contribution in [3.63, 3.8) is 0 Å². The number of hydrogen-bond donors (Lipinski definition) is 2. The van der Waals surface area contributed by atoms with E-state index in [1.54, 1.807) is 19.1 Å². The van der Waals surface area contributed by atoms with Crippen LogP contribution in [0.25, 0.3) is 6.08 Å². The van der Waals surface area contributed by atoms with Gasteiger partial charge in [-0.1, -0.05) is 23.7 Å². The molecule has 0 aromatic heterocycles. The van der Waals surface area contributed by atoms with Crippen molar-refractivity contribution < 1.29 is 23.5 Å². The van der Waals surface area contributed by atoms with Crippen molar-refractivity contribution in [1.82, 2.24) is 0 Å². The molecule has 0 aliphatic rings. The molecule has 0 bridgehead atoms. The summed E-state index contributed by atoms with van der Waals surface area (Å²) in [5, 5.41) is 14.9. The molecule has 0 atom stereocenters. The normalized spacial score (nSPS) is 10.8. The number of nitriles is 1. The second kappa shape index (κ2) is 12.4. The minimum atomic E-state index is -0.675. The van der Waals surface area contributed by atoms with E-state index >= 15 is 0 Å². The lowest BCUT2D eigenvalue weighted by Crippen LogP contribution is -2.20. The first-order valence-corrected chi connectivity index (χ1v) is 11.3. The molecule has 0 heterocycles. The van der Waals surface area contributed by atoms with Gasteiger partial charge >= 0.3 is 0 Å². The highest BCUT2D eigenvalue weighted by Gasteiger charge is 2.16. The van der Waals surface area contributed by atoms with Gasteiger partial charge in [-0.3, -0.25) is 9.59 Å². The van der Waals surface area contributed by atoms with Crippen LogP contribution in [-0.2, 0) is 9.59 Å². The van der Waals surface area contributed by atoms with Crippen molar-refractivity contribution in [2.75, 3.05) is 23.8 Å². The molecule has 0 fully saturated rings. The van der Waals surface area contributed by atoms with Crippen LogP contribution in [-0.4, -0.2) is 25.0 Å². The van der Waals surface area contributed by atoms with Gasteiger partial charge in [0.25, 0.3) is 11.8 Å². The van der Waals surface area contributed by atoms with Gasteiger partial charge in [-0.2, -0.15) is 5.26 Å². The first kappa shape index (κ1) is 26.3. The molecule has 0 aliphatic carbocycles. The number of ether oxygens (including phenoxy) is 2. The fourth-order valence-corrected chi connectivity index (χ4v) is 3.45. The van der Waals surface area contributed by atoms with E-state index in [4.69, 9.17) is 21.1 Å². The fraction of sp³-hybridized carbons (Fsp3) is 0.148. The lowest BCUT2D eigenvalue weighted by Gasteiger charge is -2.15. The van der Waals surface area contributed by atoms with Crippen LogP contribution in [0.2, 0.25) is 5.02 Å². The number of amides is 2. The Morgan fingerprint density at radius 3 is 2.47 bits per heavy atom. The number of rotatable bonds is 9. The van der Waals surface area contributed by atoms with Crippen molar-refractivity contribution in [1.29, 1.82) is 5.26 Å². The Labute approximate surface area is 213 Å². The highest BCUT2D eigenvalue weighted by molar-refractivity contribution is 6.32. The number of carbonyl (C=O) groups excluding carboxylic acids is 2. The zero-order chi connectivity index (χ0) is 26.1. The molecule has 2 N–H and O–H groups in total. The van der Waals surface area contributed by atoms with Crippen LogP contribution in [0.15, 0.2) is 66.2 Å². The zero-order valence-electron chi connectivity index (χ0n) is 19.6. The van der Waals surface area contributed by atoms with Gasteiger partial charge in [0.15, 0.2) is 18.1 Å². The molecule has 0 radical (unpaired) electrons. The number of anilines is 2. The summed E-state index contributed by atoms with van der Waals surface area (Å²) >= 11 is 6.40. The van der Waals surface area contributed by atoms with Gasteiger partial charge in [-0.25, -0.2) is 4.39 Å². The molecule has 0 unspecified atom stereocenters. The van der Waals surface area contributed by atoms with Gasteiger partial charge in [-0.15, -0.1) is 0 Å². The van der Waals surface area contributed by atoms with Crippen LogP contribution in [0, 0.1) is 24.1 Å². The average molecular weight is 508 g/mol. The van der Waals surface area contributed by atoms with Crippen molar-refractivity contribution in [3.8, 4) is 17.6 Å². The van der Waals surface area contributed by atoms with E-state index in [0.29, 0.717) is 16.9 Å². The number of aryl methyl sites for hydroxylation is 1. The molecule has 3 aromatic carbocycles. The molecule has 0 aliphatic heterocycles. The Hall–Kier alpha value is -4.35. The van der Waals surface area contributed by atoms with Crippen LogP contribution in [0.5, 0.6) is 11.5 Å². The zero-order valence-corrected chi connectivity index (χ0v) is 20.4. The van der Waals surface area contributed by atoms with E-state index in [0.717, 1.165) is 5.56 Å². The number of hydrogen-bond acceptors (Lipinski definition) is 5. The summed E-state index contributed by atoms with van der Waals surface area (Å²) in [7, 11) is 0. The monoisotopic (exact) mass is 507 g/mol. The molecular weight excluding hydrogens is 485 g/mol. The predicted octanol–water partition coefficient (Wildman–Crippen LogP) is 5.75. The lowest BCUT2D eigenvalue weighted by atomic mass is 10.1. The van der Waals surface area contributed by atoms with E-state index < -0.39 is 11.7 Å². The van der Waals surface area contributed by atoms with E-state index in [2.05, 4.69) is 10.6 Å². The van der Waals surface area contributed by atoms with Crippen LogP contribution in [0.4, 0.5) is 15.8 Å². The van der Waals surface area contributed by atoms with Crippen molar-refractivity contribution in [3.05, 3.63) is 88.2 Å². The van der Waals surface area contributed by atoms with Gasteiger partial charge in [-0.05, 0) is 79.6 Å². The minimum absolute atomic E-state index is 0.131. The highest BCUT2D eigenvalue weighted by atomic mass is 35.5. The molecule has 184 valence electrons. The molecule has 2 amide bonds. The first-order valence-electron chi connectivity index (χ1n) is 10.9. The first-order chi connectivity index (χ1) is 17.3. The van der Waals surface area contributed by atoms with E-state index in [9.17, 15) is 19.2 Å². The fourth-order valence-electron chi connectivity index (χ4n) is 3.18. The summed E-state index contributed by atoms with van der Waals surface area (Å²) < 4.78 is 24.3. The largest absolute Gasteiger partial charge is 0.490 e. The Morgan fingerprint density at radius 2 is 1.81 bits per heavy atom. The molecule has 0 spiro atoms. The number of carbonyl (C=O) groups is 2. The minimum Gasteiger partial charge on any atom is -0.490 e. The second-order valence-electron chi connectivity index (χ2n) is 7.60. The quantitative estimate of drug-likeness (QED) is 0.284. The summed E-state index contributed by atoms with van der Waals surface area (Å²) in [4.78, 5) is 24.9. The molecular formula is C27H23ClFN3O4. The van der Waals surface area contributed by atoms with Crippen LogP contribution in [0.1, 0.15) is 18.1 Å². The van der Waals surface area contributed by atoms with Gasteiger partial charge < -0.3 is 20.1 Å². The molecule has 0 saturated heterocycles. The molecule has 36 heavy (non-hydrogen) atoms. The van der Waals surface area contributed by atoms with Crippen molar-refractivity contribution in [2.24, 2.45) is 0 Å². The predicted molar refractivity (Wildman–Crippen MR) is 137 cm³/mol. The summed E-state index contributed by atoms with van der Waals surface area (Å²) in [6.45, 7) is 3.65. The maximum atomic E-state index is 13.1. The third-order valence-corrected chi connectivity index (χ3v) is 5.04. The molecule has 7 nitrogen and oxygen atoms in total. The SMILES string of the molecule is CCOc1cc(/C=C(\C#N)C(=O)Nc2ccc(F)cc2)cc(Cl)c1OCC(=O)Nc1cccc(C)c1. The van der Waals surface area contributed by atoms with Crippen molar-refractivity contribution >= 4 is 40.9 Å². The Bertz CT molecular complexity index is 1330. The maximum Gasteiger partial charge on any atom is 0.266 e. The number of halogens is 2. The number of nitrogens with one attached hydrogen (secondary N) is 2. The van der Waals surface area contributed by atoms with Crippen LogP contribution in [0.3, 0.4) is 0 Å². The van der Waals surface area contributed by atoms with E-state index in [-0.39, 0.29) is 41.2 Å². The van der Waals surface area contributed by atoms with Crippen molar-refractivity contribution in [2.45, 2.75) is 13.8 Å². The second-order valence-corrected chi connectivity index (χ2v) is 8.01. The smallest absolute Gasteiger partial charge is 0.266 e. The Morgan fingerprint density at radius 1 is 1.06 bits per heavy atom. The molecule has 0 saturated carbocycles. The highest BCUT2D eigenvalue weighted by Crippen LogP contribution is 2.37. The third-order valence-electron chi connectivity index (χ3n) is 4.76. The van der Waals surface area contributed by atoms with Gasteiger partial charge in [0.2, 0.25) is 0 Å². The standard InChI is InChI=1S/C27H23ClFN3O4/c1-3-35-24-14-18(12-19(15-30)27(34)32-21-9-7-20(29)8-10-21)13-23(28)26(24)36-16-25(33)31-22-6-4-5-17(2)11-22/h4-14H,3,16H2,1-2H3,(H,31,33)(H,32,34)/b19-12+. The Balaban J connectivity index is 1.76. The molecule has 3 rings (SSSR count). The number of benzene rings is 3. The maximum absolute atomic E-state index is 13.1. The topological polar surface area (TPSA) is 100 Å². The summed E-state index contributed by atoms with van der Waals surface area (Å²) in [6.07, 6.45) is 1.33.